The minimum atomic E-state index is -0.753. The number of hydrogen-bond acceptors (Lipinski definition) is 6. The number of para-hydroxylation sites is 1. The number of Topliss-reactive ketones (excluding diaryl/α,β-unsaturated/α-hetero) is 1. The predicted octanol–water partition coefficient (Wildman–Crippen LogP) is 3.03. The lowest BCUT2D eigenvalue weighted by Gasteiger charge is -2.08. The van der Waals surface area contributed by atoms with Crippen LogP contribution in [-0.4, -0.2) is 22.9 Å². The zero-order valence-corrected chi connectivity index (χ0v) is 15.8. The second-order valence-electron chi connectivity index (χ2n) is 6.10. The molecular formula is C21H19N3O4. The SMILES string of the molecule is CCOC(=O)C1=C(Nc2ccccc2)O/C(=C\c2cc(C#N)n(C)c2C)C1=O. The molecule has 0 bridgehead atoms. The van der Waals surface area contributed by atoms with Gasteiger partial charge in [0.05, 0.1) is 6.61 Å². The largest absolute Gasteiger partial charge is 0.462 e. The highest BCUT2D eigenvalue weighted by molar-refractivity contribution is 6.26. The summed E-state index contributed by atoms with van der Waals surface area (Å²) in [5.41, 5.74) is 2.38. The van der Waals surface area contributed by atoms with E-state index in [9.17, 15) is 14.9 Å². The maximum absolute atomic E-state index is 12.8. The number of nitrogens with one attached hydrogen (secondary N) is 1. The van der Waals surface area contributed by atoms with Crippen LogP contribution in [0, 0.1) is 18.3 Å². The first kappa shape index (κ1) is 19.0. The minimum absolute atomic E-state index is 0.0142. The Morgan fingerprint density at radius 3 is 2.68 bits per heavy atom. The molecule has 1 N–H and O–H groups in total. The Morgan fingerprint density at radius 1 is 1.36 bits per heavy atom. The molecule has 7 heteroatoms. The highest BCUT2D eigenvalue weighted by atomic mass is 16.5. The molecule has 1 aliphatic heterocycles. The number of rotatable bonds is 5. The zero-order valence-electron chi connectivity index (χ0n) is 15.8. The van der Waals surface area contributed by atoms with Crippen LogP contribution in [0.1, 0.15) is 23.9 Å². The fourth-order valence-electron chi connectivity index (χ4n) is 2.78. The van der Waals surface area contributed by atoms with E-state index in [1.807, 2.05) is 25.1 Å². The molecule has 0 fully saturated rings. The fourth-order valence-corrected chi connectivity index (χ4v) is 2.78. The van der Waals surface area contributed by atoms with Crippen LogP contribution < -0.4 is 5.32 Å². The molecule has 1 aromatic carbocycles. The first-order valence-electron chi connectivity index (χ1n) is 8.70. The summed E-state index contributed by atoms with van der Waals surface area (Å²) in [6.07, 6.45) is 1.53. The summed E-state index contributed by atoms with van der Waals surface area (Å²) in [5, 5.41) is 12.1. The Bertz CT molecular complexity index is 1040. The third kappa shape index (κ3) is 3.53. The monoisotopic (exact) mass is 377 g/mol. The van der Waals surface area contributed by atoms with Gasteiger partial charge in [-0.05, 0) is 38.1 Å². The van der Waals surface area contributed by atoms with E-state index in [-0.39, 0.29) is 23.8 Å². The van der Waals surface area contributed by atoms with Crippen molar-refractivity contribution in [2.45, 2.75) is 13.8 Å². The summed E-state index contributed by atoms with van der Waals surface area (Å²) in [6, 6.07) is 12.8. The summed E-state index contributed by atoms with van der Waals surface area (Å²) >= 11 is 0. The van der Waals surface area contributed by atoms with Gasteiger partial charge >= 0.3 is 5.97 Å². The molecule has 2 heterocycles. The number of esters is 1. The second kappa shape index (κ2) is 7.84. The molecule has 2 aromatic rings. The molecule has 0 spiro atoms. The van der Waals surface area contributed by atoms with Crippen LogP contribution in [0.2, 0.25) is 0 Å². The van der Waals surface area contributed by atoms with E-state index in [4.69, 9.17) is 9.47 Å². The number of carbonyl (C=O) groups excluding carboxylic acids is 2. The topological polar surface area (TPSA) is 93.3 Å². The van der Waals surface area contributed by atoms with E-state index in [2.05, 4.69) is 11.4 Å². The molecule has 3 rings (SSSR count). The van der Waals surface area contributed by atoms with Crippen molar-refractivity contribution >= 4 is 23.5 Å². The maximum Gasteiger partial charge on any atom is 0.347 e. The Hall–Kier alpha value is -3.79. The number of ketones is 1. The third-order valence-electron chi connectivity index (χ3n) is 4.38. The second-order valence-corrected chi connectivity index (χ2v) is 6.10. The normalized spacial score (nSPS) is 14.8. The van der Waals surface area contributed by atoms with Gasteiger partial charge in [0.1, 0.15) is 11.8 Å². The van der Waals surface area contributed by atoms with E-state index >= 15 is 0 Å². The van der Waals surface area contributed by atoms with Crippen LogP contribution in [0.15, 0.2) is 53.6 Å². The molecule has 0 saturated carbocycles. The first-order chi connectivity index (χ1) is 13.5. The van der Waals surface area contributed by atoms with Gasteiger partial charge in [-0.15, -0.1) is 0 Å². The van der Waals surface area contributed by atoms with Gasteiger partial charge in [0.15, 0.2) is 11.3 Å². The molecule has 0 unspecified atom stereocenters. The van der Waals surface area contributed by atoms with E-state index in [1.54, 1.807) is 36.7 Å². The Balaban J connectivity index is 1.99. The Labute approximate surface area is 162 Å². The predicted molar refractivity (Wildman–Crippen MR) is 103 cm³/mol. The molecule has 7 nitrogen and oxygen atoms in total. The minimum Gasteiger partial charge on any atom is -0.462 e. The van der Waals surface area contributed by atoms with Crippen LogP contribution in [0.5, 0.6) is 0 Å². The van der Waals surface area contributed by atoms with Gasteiger partial charge < -0.3 is 19.4 Å². The number of hydrogen-bond donors (Lipinski definition) is 1. The highest BCUT2D eigenvalue weighted by Gasteiger charge is 2.37. The van der Waals surface area contributed by atoms with Crippen LogP contribution >= 0.6 is 0 Å². The molecule has 0 amide bonds. The molecule has 28 heavy (non-hydrogen) atoms. The number of ether oxygens (including phenoxy) is 2. The van der Waals surface area contributed by atoms with Gasteiger partial charge in [-0.25, -0.2) is 4.79 Å². The van der Waals surface area contributed by atoms with Gasteiger partial charge in [-0.1, -0.05) is 18.2 Å². The fraction of sp³-hybridized carbons (Fsp3) is 0.190. The average Bonchev–Trinajstić information content (AvgIpc) is 3.13. The van der Waals surface area contributed by atoms with Crippen molar-refractivity contribution in [3.63, 3.8) is 0 Å². The van der Waals surface area contributed by atoms with Crippen molar-refractivity contribution in [1.82, 2.24) is 4.57 Å². The standard InChI is InChI=1S/C21H19N3O4/c1-4-27-21(26)18-19(25)17(11-14-10-16(12-22)24(3)13(14)2)28-20(18)23-15-8-6-5-7-9-15/h5-11,23H,4H2,1-3H3/b17-11-. The average molecular weight is 377 g/mol. The van der Waals surface area contributed by atoms with Crippen LogP contribution in [0.4, 0.5) is 5.69 Å². The third-order valence-corrected chi connectivity index (χ3v) is 4.38. The van der Waals surface area contributed by atoms with Gasteiger partial charge in [0.25, 0.3) is 0 Å². The summed E-state index contributed by atoms with van der Waals surface area (Å²) in [7, 11) is 1.76. The lowest BCUT2D eigenvalue weighted by Crippen LogP contribution is -2.16. The molecule has 0 atom stereocenters. The molecule has 1 aromatic heterocycles. The van der Waals surface area contributed by atoms with E-state index in [0.29, 0.717) is 16.9 Å². The van der Waals surface area contributed by atoms with Crippen molar-refractivity contribution in [3.05, 3.63) is 70.6 Å². The number of nitriles is 1. The van der Waals surface area contributed by atoms with Crippen molar-refractivity contribution in [2.75, 3.05) is 11.9 Å². The summed E-state index contributed by atoms with van der Waals surface area (Å²) in [6.45, 7) is 3.63. The van der Waals surface area contributed by atoms with Crippen molar-refractivity contribution in [1.29, 1.82) is 5.26 Å². The summed E-state index contributed by atoms with van der Waals surface area (Å²) in [5.74, 6) is -1.31. The smallest absolute Gasteiger partial charge is 0.347 e. The number of aromatic nitrogens is 1. The number of nitrogens with zero attached hydrogens (tertiary/aromatic N) is 2. The number of benzene rings is 1. The van der Waals surface area contributed by atoms with Crippen molar-refractivity contribution in [3.8, 4) is 6.07 Å². The molecule has 1 aliphatic rings. The first-order valence-corrected chi connectivity index (χ1v) is 8.70. The van der Waals surface area contributed by atoms with Crippen LogP contribution in [-0.2, 0) is 26.1 Å². The van der Waals surface area contributed by atoms with Crippen molar-refractivity contribution < 1.29 is 19.1 Å². The van der Waals surface area contributed by atoms with E-state index < -0.39 is 11.8 Å². The molecule has 142 valence electrons. The van der Waals surface area contributed by atoms with Gasteiger partial charge in [-0.3, -0.25) is 4.79 Å². The van der Waals surface area contributed by atoms with Crippen LogP contribution in [0.25, 0.3) is 6.08 Å². The van der Waals surface area contributed by atoms with Crippen LogP contribution in [0.3, 0.4) is 0 Å². The summed E-state index contributed by atoms with van der Waals surface area (Å²) < 4.78 is 12.4. The quantitative estimate of drug-likeness (QED) is 0.489. The highest BCUT2D eigenvalue weighted by Crippen LogP contribution is 2.29. The molecular weight excluding hydrogens is 358 g/mol. The maximum atomic E-state index is 12.8. The van der Waals surface area contributed by atoms with Crippen molar-refractivity contribution in [2.24, 2.45) is 7.05 Å². The number of allylic oxidation sites excluding steroid dienone is 1. The lowest BCUT2D eigenvalue weighted by molar-refractivity contribution is -0.139. The Kier molecular flexibility index (Phi) is 5.32. The lowest BCUT2D eigenvalue weighted by atomic mass is 10.1. The van der Waals surface area contributed by atoms with E-state index in [1.165, 1.54) is 6.08 Å². The summed E-state index contributed by atoms with van der Waals surface area (Å²) in [4.78, 5) is 25.2. The zero-order chi connectivity index (χ0) is 20.3. The van der Waals surface area contributed by atoms with Gasteiger partial charge in [0.2, 0.25) is 11.7 Å². The van der Waals surface area contributed by atoms with E-state index in [0.717, 1.165) is 5.69 Å². The molecule has 0 radical (unpaired) electrons. The molecule has 0 aliphatic carbocycles. The van der Waals surface area contributed by atoms with Gasteiger partial charge in [-0.2, -0.15) is 5.26 Å². The van der Waals surface area contributed by atoms with Gasteiger partial charge in [0, 0.05) is 24.0 Å². The molecule has 0 saturated heterocycles. The Morgan fingerprint density at radius 2 is 2.07 bits per heavy atom. The number of carbonyl (C=O) groups is 2. The number of anilines is 1.